The maximum atomic E-state index is 13.6. The van der Waals surface area contributed by atoms with Crippen molar-refractivity contribution in [2.45, 2.75) is 48.4 Å². The molecule has 5 rings (SSSR count). The summed E-state index contributed by atoms with van der Waals surface area (Å²) in [4.78, 5) is 15.6. The number of amides is 1. The molecule has 1 saturated heterocycles. The molecule has 0 N–H and O–H groups in total. The number of carbonyl (C=O) groups excluding carboxylic acids is 1. The van der Waals surface area contributed by atoms with Crippen molar-refractivity contribution in [3.63, 3.8) is 0 Å². The molecule has 30 heavy (non-hydrogen) atoms. The fourth-order valence-electron chi connectivity index (χ4n) is 4.06. The van der Waals surface area contributed by atoms with E-state index in [4.69, 9.17) is 0 Å². The average Bonchev–Trinajstić information content (AvgIpc) is 3.58. The second-order valence-electron chi connectivity index (χ2n) is 8.08. The molecule has 2 fully saturated rings. The van der Waals surface area contributed by atoms with Crippen LogP contribution < -0.4 is 0 Å². The van der Waals surface area contributed by atoms with Crippen LogP contribution in [0.3, 0.4) is 0 Å². The van der Waals surface area contributed by atoms with Gasteiger partial charge >= 0.3 is 0 Å². The van der Waals surface area contributed by atoms with E-state index in [9.17, 15) is 4.79 Å². The smallest absolute Gasteiger partial charge is 0.240 e. The van der Waals surface area contributed by atoms with Crippen molar-refractivity contribution in [3.8, 4) is 5.69 Å². The summed E-state index contributed by atoms with van der Waals surface area (Å²) in [6, 6.07) is 20.4. The van der Waals surface area contributed by atoms with Gasteiger partial charge in [0.05, 0.1) is 0 Å². The number of aromatic nitrogens is 3. The number of hydrogen-bond acceptors (Lipinski definition) is 4. The van der Waals surface area contributed by atoms with Crippen molar-refractivity contribution in [3.05, 3.63) is 72.1 Å². The molecule has 1 aliphatic carbocycles. The highest BCUT2D eigenvalue weighted by molar-refractivity contribution is 8.00. The van der Waals surface area contributed by atoms with Gasteiger partial charge in [0.2, 0.25) is 5.91 Å². The lowest BCUT2D eigenvalue weighted by Crippen LogP contribution is -2.38. The van der Waals surface area contributed by atoms with Gasteiger partial charge in [-0.15, -0.1) is 10.2 Å². The molecule has 1 aromatic heterocycles. The lowest BCUT2D eigenvalue weighted by molar-refractivity contribution is -0.131. The van der Waals surface area contributed by atoms with Crippen molar-refractivity contribution in [1.29, 1.82) is 0 Å². The molecule has 1 amide bonds. The van der Waals surface area contributed by atoms with Gasteiger partial charge in [0.15, 0.2) is 5.16 Å². The van der Waals surface area contributed by atoms with Crippen LogP contribution in [0, 0.1) is 0 Å². The van der Waals surface area contributed by atoms with Crippen molar-refractivity contribution in [2.24, 2.45) is 0 Å². The minimum Gasteiger partial charge on any atom is -0.341 e. The monoisotopic (exact) mass is 418 g/mol. The predicted molar refractivity (Wildman–Crippen MR) is 119 cm³/mol. The molecule has 1 saturated carbocycles. The minimum atomic E-state index is -0.317. The first-order valence-electron chi connectivity index (χ1n) is 10.8. The van der Waals surface area contributed by atoms with Gasteiger partial charge in [0, 0.05) is 24.7 Å². The highest BCUT2D eigenvalue weighted by Crippen LogP contribution is 2.43. The Kier molecular flexibility index (Phi) is 5.58. The predicted octanol–water partition coefficient (Wildman–Crippen LogP) is 4.99. The zero-order valence-corrected chi connectivity index (χ0v) is 17.8. The number of likely N-dealkylation sites (tertiary alicyclic amines) is 1. The van der Waals surface area contributed by atoms with Crippen molar-refractivity contribution >= 4 is 17.7 Å². The normalized spacial score (nSPS) is 17.7. The van der Waals surface area contributed by atoms with Gasteiger partial charge in [0.25, 0.3) is 0 Å². The number of thioether (sulfide) groups is 1. The maximum absolute atomic E-state index is 13.6. The summed E-state index contributed by atoms with van der Waals surface area (Å²) in [5.41, 5.74) is 2.08. The van der Waals surface area contributed by atoms with E-state index in [0.717, 1.165) is 61.0 Å². The van der Waals surface area contributed by atoms with E-state index < -0.39 is 0 Å². The molecule has 1 aliphatic heterocycles. The van der Waals surface area contributed by atoms with Gasteiger partial charge in [0.1, 0.15) is 11.1 Å². The molecule has 5 nitrogen and oxygen atoms in total. The highest BCUT2D eigenvalue weighted by Gasteiger charge is 2.34. The lowest BCUT2D eigenvalue weighted by Gasteiger charge is -2.30. The first-order chi connectivity index (χ1) is 14.8. The number of para-hydroxylation sites is 1. The fourth-order valence-corrected chi connectivity index (χ4v) is 5.20. The van der Waals surface area contributed by atoms with Gasteiger partial charge in [-0.2, -0.15) is 0 Å². The summed E-state index contributed by atoms with van der Waals surface area (Å²) in [6.45, 7) is 1.70. The summed E-state index contributed by atoms with van der Waals surface area (Å²) in [5.74, 6) is 1.67. The summed E-state index contributed by atoms with van der Waals surface area (Å²) < 4.78 is 2.15. The Morgan fingerprint density at radius 3 is 2.23 bits per heavy atom. The molecule has 154 valence electrons. The molecular formula is C24H26N4OS. The third kappa shape index (κ3) is 4.01. The zero-order valence-electron chi connectivity index (χ0n) is 17.0. The lowest BCUT2D eigenvalue weighted by atomic mass is 10.1. The van der Waals surface area contributed by atoms with Gasteiger partial charge in [-0.3, -0.25) is 9.36 Å². The average molecular weight is 419 g/mol. The molecule has 1 unspecified atom stereocenters. The number of carbonyl (C=O) groups is 1. The van der Waals surface area contributed by atoms with Crippen LogP contribution in [0.15, 0.2) is 65.8 Å². The number of rotatable bonds is 6. The Morgan fingerprint density at radius 1 is 0.900 bits per heavy atom. The topological polar surface area (TPSA) is 51.0 Å². The molecule has 3 aromatic rings. The summed E-state index contributed by atoms with van der Waals surface area (Å²) >= 11 is 1.53. The highest BCUT2D eigenvalue weighted by atomic mass is 32.2. The largest absolute Gasteiger partial charge is 0.341 e. The van der Waals surface area contributed by atoms with E-state index in [0.29, 0.717) is 5.92 Å². The molecule has 0 radical (unpaired) electrons. The number of piperidine rings is 1. The van der Waals surface area contributed by atoms with Crippen LogP contribution in [0.25, 0.3) is 5.69 Å². The van der Waals surface area contributed by atoms with Crippen molar-refractivity contribution in [1.82, 2.24) is 19.7 Å². The molecule has 0 bridgehead atoms. The third-order valence-electron chi connectivity index (χ3n) is 5.83. The standard InChI is InChI=1S/C24H26N4OS/c29-23(27-16-8-3-9-17-27)21(18-10-4-1-5-11-18)30-24-26-25-22(19-14-15-19)28(24)20-12-6-2-7-13-20/h1-2,4-7,10-13,19,21H,3,8-9,14-17H2. The van der Waals surface area contributed by atoms with Crippen LogP contribution in [0.2, 0.25) is 0 Å². The molecule has 6 heteroatoms. The minimum absolute atomic E-state index is 0.182. The first-order valence-corrected chi connectivity index (χ1v) is 11.7. The van der Waals surface area contributed by atoms with E-state index in [2.05, 4.69) is 26.9 Å². The third-order valence-corrected chi connectivity index (χ3v) is 7.02. The number of hydrogen-bond donors (Lipinski definition) is 0. The van der Waals surface area contributed by atoms with Crippen LogP contribution in [-0.2, 0) is 4.79 Å². The van der Waals surface area contributed by atoms with Gasteiger partial charge < -0.3 is 4.90 Å². The summed E-state index contributed by atoms with van der Waals surface area (Å²) in [7, 11) is 0. The van der Waals surface area contributed by atoms with Crippen molar-refractivity contribution in [2.75, 3.05) is 13.1 Å². The first kappa shape index (κ1) is 19.4. The van der Waals surface area contributed by atoms with E-state index >= 15 is 0 Å². The van der Waals surface area contributed by atoms with E-state index in [1.54, 1.807) is 0 Å². The molecular weight excluding hydrogens is 392 g/mol. The van der Waals surface area contributed by atoms with Crippen LogP contribution in [0.5, 0.6) is 0 Å². The number of benzene rings is 2. The Hall–Kier alpha value is -2.60. The van der Waals surface area contributed by atoms with Gasteiger partial charge in [-0.05, 0) is 49.8 Å². The molecule has 0 spiro atoms. The molecule has 1 atom stereocenters. The fraction of sp³-hybridized carbons (Fsp3) is 0.375. The van der Waals surface area contributed by atoms with E-state index in [1.165, 1.54) is 18.2 Å². The maximum Gasteiger partial charge on any atom is 0.240 e. The van der Waals surface area contributed by atoms with E-state index in [-0.39, 0.29) is 11.2 Å². The summed E-state index contributed by atoms with van der Waals surface area (Å²) in [6.07, 6.45) is 5.70. The zero-order chi connectivity index (χ0) is 20.3. The second-order valence-corrected chi connectivity index (χ2v) is 9.15. The van der Waals surface area contributed by atoms with Crippen LogP contribution in [-0.4, -0.2) is 38.7 Å². The summed E-state index contributed by atoms with van der Waals surface area (Å²) in [5, 5.41) is 9.57. The molecule has 2 heterocycles. The number of nitrogens with zero attached hydrogens (tertiary/aromatic N) is 4. The molecule has 2 aliphatic rings. The molecule has 2 aromatic carbocycles. The second kappa shape index (κ2) is 8.64. The van der Waals surface area contributed by atoms with Crippen LogP contribution >= 0.6 is 11.8 Å². The van der Waals surface area contributed by atoms with Gasteiger partial charge in [-0.1, -0.05) is 60.3 Å². The Balaban J connectivity index is 1.51. The van der Waals surface area contributed by atoms with E-state index in [1.807, 2.05) is 53.4 Å². The van der Waals surface area contributed by atoms with Crippen LogP contribution in [0.1, 0.15) is 54.7 Å². The quantitative estimate of drug-likeness (QED) is 0.529. The Morgan fingerprint density at radius 2 is 1.57 bits per heavy atom. The Labute approximate surface area is 181 Å². The van der Waals surface area contributed by atoms with Gasteiger partial charge in [-0.25, -0.2) is 0 Å². The van der Waals surface area contributed by atoms with Crippen molar-refractivity contribution < 1.29 is 4.79 Å². The Bertz CT molecular complexity index is 995. The SMILES string of the molecule is O=C(C(Sc1nnc(C2CC2)n1-c1ccccc1)c1ccccc1)N1CCCCC1. The van der Waals surface area contributed by atoms with Crippen LogP contribution in [0.4, 0.5) is 0 Å².